The zero-order chi connectivity index (χ0) is 7.72. The van der Waals surface area contributed by atoms with Crippen LogP contribution in [0.2, 0.25) is 0 Å². The van der Waals surface area contributed by atoms with Gasteiger partial charge in [-0.05, 0) is 18.6 Å². The minimum atomic E-state index is -1.18. The van der Waals surface area contributed by atoms with Gasteiger partial charge in [0.25, 0.3) is 0 Å². The highest BCUT2D eigenvalue weighted by atomic mass is 19.2. The van der Waals surface area contributed by atoms with Crippen LogP contribution >= 0.6 is 0 Å². The molecule has 0 aliphatic heterocycles. The lowest BCUT2D eigenvalue weighted by Crippen LogP contribution is -1.85. The van der Waals surface area contributed by atoms with Gasteiger partial charge in [-0.25, -0.2) is 4.39 Å². The first-order valence-electron chi connectivity index (χ1n) is 2.76. The Hall–Kier alpha value is -1.12. The first-order chi connectivity index (χ1) is 4.63. The zero-order valence-corrected chi connectivity index (χ0v) is 5.36. The van der Waals surface area contributed by atoms with Crippen molar-refractivity contribution in [1.82, 2.24) is 0 Å². The molecule has 0 spiro atoms. The molecule has 1 nitrogen and oxygen atoms in total. The van der Waals surface area contributed by atoms with Crippen molar-refractivity contribution in [3.8, 4) is 5.75 Å². The summed E-state index contributed by atoms with van der Waals surface area (Å²) in [5.74, 6) is -2.82. The van der Waals surface area contributed by atoms with E-state index in [9.17, 15) is 8.78 Å². The van der Waals surface area contributed by atoms with Crippen LogP contribution in [0.3, 0.4) is 0 Å². The van der Waals surface area contributed by atoms with Crippen LogP contribution in [-0.2, 0) is 0 Å². The van der Waals surface area contributed by atoms with Gasteiger partial charge in [0.2, 0.25) is 5.82 Å². The second kappa shape index (κ2) is 2.25. The molecule has 0 aliphatic carbocycles. The van der Waals surface area contributed by atoms with Crippen LogP contribution in [0.1, 0.15) is 5.56 Å². The van der Waals surface area contributed by atoms with Gasteiger partial charge in [0.1, 0.15) is 0 Å². The zero-order valence-electron chi connectivity index (χ0n) is 5.36. The van der Waals surface area contributed by atoms with E-state index in [1.807, 2.05) is 0 Å². The Morgan fingerprint density at radius 2 is 1.90 bits per heavy atom. The van der Waals surface area contributed by atoms with Gasteiger partial charge in [0, 0.05) is 0 Å². The lowest BCUT2D eigenvalue weighted by atomic mass is 10.2. The number of halogens is 2. The monoisotopic (exact) mass is 144 g/mol. The molecule has 0 aromatic heterocycles. The smallest absolute Gasteiger partial charge is 0.200 e. The summed E-state index contributed by atoms with van der Waals surface area (Å²) >= 11 is 0. The van der Waals surface area contributed by atoms with Gasteiger partial charge < -0.3 is 5.11 Å². The molecule has 0 fully saturated rings. The third-order valence-corrected chi connectivity index (χ3v) is 1.27. The summed E-state index contributed by atoms with van der Waals surface area (Å²) in [6.45, 7) is 1.50. The van der Waals surface area contributed by atoms with Crippen molar-refractivity contribution < 1.29 is 13.9 Å². The van der Waals surface area contributed by atoms with Gasteiger partial charge in [-0.15, -0.1) is 0 Å². The number of aryl methyl sites for hydroxylation is 1. The molecule has 0 aliphatic rings. The van der Waals surface area contributed by atoms with E-state index in [-0.39, 0.29) is 0 Å². The van der Waals surface area contributed by atoms with E-state index < -0.39 is 17.4 Å². The maximum atomic E-state index is 12.4. The molecule has 0 saturated heterocycles. The first-order valence-corrected chi connectivity index (χ1v) is 2.76. The Morgan fingerprint density at radius 3 is 2.40 bits per heavy atom. The number of hydrogen-bond donors (Lipinski definition) is 1. The predicted octanol–water partition coefficient (Wildman–Crippen LogP) is 1.98. The van der Waals surface area contributed by atoms with Gasteiger partial charge in [-0.1, -0.05) is 6.07 Å². The highest BCUT2D eigenvalue weighted by Gasteiger charge is 2.08. The van der Waals surface area contributed by atoms with Crippen LogP contribution < -0.4 is 0 Å². The fourth-order valence-corrected chi connectivity index (χ4v) is 0.636. The molecule has 0 unspecified atom stereocenters. The summed E-state index contributed by atoms with van der Waals surface area (Å²) in [5, 5.41) is 8.77. The van der Waals surface area contributed by atoms with E-state index in [4.69, 9.17) is 5.11 Å². The Bertz CT molecular complexity index is 231. The van der Waals surface area contributed by atoms with Crippen molar-refractivity contribution in [3.05, 3.63) is 29.3 Å². The number of benzene rings is 1. The van der Waals surface area contributed by atoms with Crippen LogP contribution in [0.25, 0.3) is 0 Å². The molecule has 0 radical (unpaired) electrons. The van der Waals surface area contributed by atoms with Crippen molar-refractivity contribution in [2.75, 3.05) is 0 Å². The lowest BCUT2D eigenvalue weighted by Gasteiger charge is -1.98. The molecule has 0 heterocycles. The van der Waals surface area contributed by atoms with E-state index >= 15 is 0 Å². The van der Waals surface area contributed by atoms with Crippen LogP contribution in [0, 0.1) is 18.6 Å². The van der Waals surface area contributed by atoms with Crippen molar-refractivity contribution in [2.24, 2.45) is 0 Å². The number of phenolic OH excluding ortho intramolecular Hbond substituents is 1. The highest BCUT2D eigenvalue weighted by molar-refractivity contribution is 5.32. The topological polar surface area (TPSA) is 20.2 Å². The van der Waals surface area contributed by atoms with Gasteiger partial charge in [0.15, 0.2) is 11.6 Å². The molecule has 0 bridgehead atoms. The minimum Gasteiger partial charge on any atom is -0.505 e. The van der Waals surface area contributed by atoms with E-state index in [0.717, 1.165) is 6.07 Å². The summed E-state index contributed by atoms with van der Waals surface area (Å²) in [4.78, 5) is 0. The molecule has 0 saturated carbocycles. The summed E-state index contributed by atoms with van der Waals surface area (Å²) in [6.07, 6.45) is 0. The molecule has 1 rings (SSSR count). The van der Waals surface area contributed by atoms with Crippen molar-refractivity contribution in [1.29, 1.82) is 0 Å². The quantitative estimate of drug-likeness (QED) is 0.590. The van der Waals surface area contributed by atoms with Crippen LogP contribution in [0.15, 0.2) is 12.1 Å². The molecular formula is C7H6F2O. The summed E-state index contributed by atoms with van der Waals surface area (Å²) < 4.78 is 24.6. The Morgan fingerprint density at radius 1 is 1.30 bits per heavy atom. The molecule has 1 aromatic rings. The van der Waals surface area contributed by atoms with Crippen LogP contribution in [-0.4, -0.2) is 5.11 Å². The summed E-state index contributed by atoms with van der Waals surface area (Å²) in [5.41, 5.74) is 0.332. The largest absolute Gasteiger partial charge is 0.505 e. The van der Waals surface area contributed by atoms with Crippen LogP contribution in [0.4, 0.5) is 8.78 Å². The normalized spacial score (nSPS) is 9.90. The fourth-order valence-electron chi connectivity index (χ4n) is 0.636. The summed E-state index contributed by atoms with van der Waals surface area (Å²) in [7, 11) is 0. The van der Waals surface area contributed by atoms with Crippen molar-refractivity contribution >= 4 is 0 Å². The molecule has 3 heteroatoms. The van der Waals surface area contributed by atoms with Gasteiger partial charge in [-0.2, -0.15) is 4.39 Å². The molecule has 10 heavy (non-hydrogen) atoms. The van der Waals surface area contributed by atoms with E-state index in [0.29, 0.717) is 5.56 Å². The number of phenols is 1. The molecule has 54 valence electrons. The van der Waals surface area contributed by atoms with E-state index in [1.54, 1.807) is 0 Å². The number of rotatable bonds is 0. The average molecular weight is 144 g/mol. The second-order valence-electron chi connectivity index (χ2n) is 2.03. The fraction of sp³-hybridized carbons (Fsp3) is 0.143. The van der Waals surface area contributed by atoms with Gasteiger partial charge in [-0.3, -0.25) is 0 Å². The molecule has 1 aromatic carbocycles. The lowest BCUT2D eigenvalue weighted by molar-refractivity contribution is 0.403. The Balaban J connectivity index is 3.34. The predicted molar refractivity (Wildman–Crippen MR) is 32.8 cm³/mol. The third kappa shape index (κ3) is 0.943. The first kappa shape index (κ1) is 6.99. The maximum absolute atomic E-state index is 12.4. The number of aromatic hydroxyl groups is 1. The molecular weight excluding hydrogens is 138 g/mol. The highest BCUT2D eigenvalue weighted by Crippen LogP contribution is 2.21. The maximum Gasteiger partial charge on any atom is 0.200 e. The van der Waals surface area contributed by atoms with Gasteiger partial charge >= 0.3 is 0 Å². The Kier molecular flexibility index (Phi) is 1.57. The second-order valence-corrected chi connectivity index (χ2v) is 2.03. The molecule has 0 amide bonds. The van der Waals surface area contributed by atoms with E-state index in [1.165, 1.54) is 13.0 Å². The van der Waals surface area contributed by atoms with Crippen LogP contribution in [0.5, 0.6) is 5.75 Å². The van der Waals surface area contributed by atoms with Crippen molar-refractivity contribution in [2.45, 2.75) is 6.92 Å². The van der Waals surface area contributed by atoms with E-state index in [2.05, 4.69) is 0 Å². The van der Waals surface area contributed by atoms with Gasteiger partial charge in [0.05, 0.1) is 0 Å². The third-order valence-electron chi connectivity index (χ3n) is 1.27. The molecule has 0 atom stereocenters. The minimum absolute atomic E-state index is 0.332. The summed E-state index contributed by atoms with van der Waals surface area (Å²) in [6, 6.07) is 2.29. The SMILES string of the molecule is Cc1ccc(F)c(F)c1O. The standard InChI is InChI=1S/C7H6F2O/c1-4-2-3-5(8)6(9)7(4)10/h2-3,10H,1H3. The molecule has 1 N–H and O–H groups in total. The Labute approximate surface area is 56.9 Å². The number of hydrogen-bond acceptors (Lipinski definition) is 1. The average Bonchev–Trinajstić information content (AvgIpc) is 1.93. The van der Waals surface area contributed by atoms with Crippen molar-refractivity contribution in [3.63, 3.8) is 0 Å².